The molecule has 0 aliphatic carbocycles. The lowest BCUT2D eigenvalue weighted by molar-refractivity contribution is -0.118. The van der Waals surface area contributed by atoms with Gasteiger partial charge in [0.2, 0.25) is 5.91 Å². The molecule has 0 heterocycles. The van der Waals surface area contributed by atoms with Crippen LogP contribution in [0, 0.1) is 0 Å². The van der Waals surface area contributed by atoms with E-state index in [1.807, 2.05) is 0 Å². The van der Waals surface area contributed by atoms with Gasteiger partial charge in [-0.2, -0.15) is 0 Å². The molecule has 0 spiro atoms. The van der Waals surface area contributed by atoms with E-state index in [9.17, 15) is 9.00 Å². The van der Waals surface area contributed by atoms with Crippen LogP contribution in [-0.2, 0) is 15.6 Å². The number of rotatable bonds is 3. The molecule has 4 nitrogen and oxygen atoms in total. The Hall–Kier alpha value is -0.880. The summed E-state index contributed by atoms with van der Waals surface area (Å²) >= 11 is 3.25. The van der Waals surface area contributed by atoms with Crippen molar-refractivity contribution in [3.8, 4) is 0 Å². The Balaban J connectivity index is 2.87. The van der Waals surface area contributed by atoms with Gasteiger partial charge in [-0.05, 0) is 34.1 Å². The molecule has 1 rings (SSSR count). The van der Waals surface area contributed by atoms with Gasteiger partial charge in [0.05, 0.1) is 15.7 Å². The zero-order valence-electron chi connectivity index (χ0n) is 8.12. The number of nitrogen functional groups attached to an aromatic ring is 1. The third kappa shape index (κ3) is 3.32. The van der Waals surface area contributed by atoms with E-state index in [2.05, 4.69) is 21.2 Å². The predicted octanol–water partition coefficient (Wildman–Crippen LogP) is 0.885. The van der Waals surface area contributed by atoms with E-state index in [1.54, 1.807) is 18.2 Å². The highest BCUT2D eigenvalue weighted by Gasteiger charge is 2.11. The number of halogens is 1. The van der Waals surface area contributed by atoms with Crippen molar-refractivity contribution in [2.45, 2.75) is 4.90 Å². The standard InChI is InChI=1S/C9H11BrN2O2S/c1-12-9(13)5-15(14)8-3-2-6(11)4-7(8)10/h2-4H,5,11H2,1H3,(H,12,13). The van der Waals surface area contributed by atoms with Crippen molar-refractivity contribution in [3.05, 3.63) is 22.7 Å². The number of nitrogens with one attached hydrogen (secondary N) is 1. The number of benzene rings is 1. The molecule has 1 aromatic rings. The minimum Gasteiger partial charge on any atom is -0.399 e. The molecular formula is C9H11BrN2O2S. The monoisotopic (exact) mass is 290 g/mol. The van der Waals surface area contributed by atoms with Gasteiger partial charge >= 0.3 is 0 Å². The lowest BCUT2D eigenvalue weighted by Crippen LogP contribution is -2.24. The maximum atomic E-state index is 11.7. The largest absolute Gasteiger partial charge is 0.399 e. The van der Waals surface area contributed by atoms with E-state index in [-0.39, 0.29) is 11.7 Å². The fraction of sp³-hybridized carbons (Fsp3) is 0.222. The minimum atomic E-state index is -1.35. The van der Waals surface area contributed by atoms with Gasteiger partial charge in [0.15, 0.2) is 0 Å². The normalized spacial score (nSPS) is 12.1. The third-order valence-corrected chi connectivity index (χ3v) is 4.03. The maximum Gasteiger partial charge on any atom is 0.232 e. The van der Waals surface area contributed by atoms with Gasteiger partial charge in [0.25, 0.3) is 0 Å². The van der Waals surface area contributed by atoms with E-state index in [0.29, 0.717) is 15.1 Å². The lowest BCUT2D eigenvalue weighted by Gasteiger charge is -2.04. The molecule has 82 valence electrons. The van der Waals surface area contributed by atoms with Crippen molar-refractivity contribution in [1.29, 1.82) is 0 Å². The highest BCUT2D eigenvalue weighted by atomic mass is 79.9. The summed E-state index contributed by atoms with van der Waals surface area (Å²) in [7, 11) is 0.164. The Labute approximate surface area is 98.8 Å². The maximum absolute atomic E-state index is 11.7. The third-order valence-electron chi connectivity index (χ3n) is 1.74. The van der Waals surface area contributed by atoms with Crippen LogP contribution in [0.4, 0.5) is 5.69 Å². The summed E-state index contributed by atoms with van der Waals surface area (Å²) in [6.07, 6.45) is 0. The molecule has 0 aliphatic heterocycles. The zero-order chi connectivity index (χ0) is 11.4. The Morgan fingerprint density at radius 3 is 2.80 bits per heavy atom. The van der Waals surface area contributed by atoms with Crippen molar-refractivity contribution in [1.82, 2.24) is 5.32 Å². The van der Waals surface area contributed by atoms with E-state index in [4.69, 9.17) is 5.73 Å². The molecule has 0 radical (unpaired) electrons. The highest BCUT2D eigenvalue weighted by molar-refractivity contribution is 9.10. The molecule has 0 fully saturated rings. The molecule has 3 N–H and O–H groups in total. The van der Waals surface area contributed by atoms with Crippen molar-refractivity contribution in [3.63, 3.8) is 0 Å². The topological polar surface area (TPSA) is 72.2 Å². The number of amides is 1. The number of hydrogen-bond donors (Lipinski definition) is 2. The fourth-order valence-corrected chi connectivity index (χ4v) is 2.94. The highest BCUT2D eigenvalue weighted by Crippen LogP contribution is 2.22. The van der Waals surface area contributed by atoms with E-state index in [1.165, 1.54) is 7.05 Å². The molecule has 0 saturated heterocycles. The average molecular weight is 291 g/mol. The van der Waals surface area contributed by atoms with Gasteiger partial charge in [-0.3, -0.25) is 9.00 Å². The van der Waals surface area contributed by atoms with Crippen molar-refractivity contribution >= 4 is 38.3 Å². The van der Waals surface area contributed by atoms with Gasteiger partial charge in [0.1, 0.15) is 5.75 Å². The van der Waals surface area contributed by atoms with Gasteiger partial charge < -0.3 is 11.1 Å². The van der Waals surface area contributed by atoms with Crippen molar-refractivity contribution < 1.29 is 9.00 Å². The molecule has 1 unspecified atom stereocenters. The summed E-state index contributed by atoms with van der Waals surface area (Å²) < 4.78 is 12.4. The molecule has 0 bridgehead atoms. The van der Waals surface area contributed by atoms with Crippen LogP contribution in [0.3, 0.4) is 0 Å². The molecule has 0 aliphatic rings. The number of carbonyl (C=O) groups is 1. The Bertz CT molecular complexity index is 409. The number of anilines is 1. The zero-order valence-corrected chi connectivity index (χ0v) is 10.5. The summed E-state index contributed by atoms with van der Waals surface area (Å²) in [6, 6.07) is 4.97. The summed E-state index contributed by atoms with van der Waals surface area (Å²) in [5, 5.41) is 2.42. The first-order chi connectivity index (χ1) is 7.04. The van der Waals surface area contributed by atoms with Crippen LogP contribution in [0.5, 0.6) is 0 Å². The van der Waals surface area contributed by atoms with E-state index < -0.39 is 10.8 Å². The average Bonchev–Trinajstić information content (AvgIpc) is 2.17. The second kappa shape index (κ2) is 5.27. The first-order valence-electron chi connectivity index (χ1n) is 4.18. The van der Waals surface area contributed by atoms with E-state index >= 15 is 0 Å². The van der Waals surface area contributed by atoms with Crippen LogP contribution in [0.15, 0.2) is 27.6 Å². The van der Waals surface area contributed by atoms with Gasteiger partial charge in [-0.15, -0.1) is 0 Å². The first-order valence-corrected chi connectivity index (χ1v) is 6.29. The first kappa shape index (κ1) is 12.2. The Morgan fingerprint density at radius 1 is 1.60 bits per heavy atom. The van der Waals surface area contributed by atoms with Gasteiger partial charge in [-0.1, -0.05) is 0 Å². The van der Waals surface area contributed by atoms with Gasteiger partial charge in [0, 0.05) is 17.2 Å². The summed E-state index contributed by atoms with van der Waals surface area (Å²) in [4.78, 5) is 11.6. The predicted molar refractivity (Wildman–Crippen MR) is 63.9 cm³/mol. The van der Waals surface area contributed by atoms with Crippen molar-refractivity contribution in [2.75, 3.05) is 18.5 Å². The quantitative estimate of drug-likeness (QED) is 0.812. The van der Waals surface area contributed by atoms with Crippen LogP contribution in [0.25, 0.3) is 0 Å². The molecule has 0 saturated carbocycles. The smallest absolute Gasteiger partial charge is 0.232 e. The summed E-state index contributed by atoms with van der Waals surface area (Å²) in [5.74, 6) is -0.295. The molecule has 0 aromatic heterocycles. The van der Waals surface area contributed by atoms with Crippen LogP contribution < -0.4 is 11.1 Å². The fourth-order valence-electron chi connectivity index (χ4n) is 0.971. The molecule has 1 atom stereocenters. The van der Waals surface area contributed by atoms with Crippen LogP contribution in [0.2, 0.25) is 0 Å². The van der Waals surface area contributed by atoms with Crippen LogP contribution in [0.1, 0.15) is 0 Å². The van der Waals surface area contributed by atoms with Crippen molar-refractivity contribution in [2.24, 2.45) is 0 Å². The number of carbonyl (C=O) groups excluding carboxylic acids is 1. The summed E-state index contributed by atoms with van der Waals surface area (Å²) in [6.45, 7) is 0. The summed E-state index contributed by atoms with van der Waals surface area (Å²) in [5.41, 5.74) is 6.13. The molecule has 6 heteroatoms. The molecule has 1 aromatic carbocycles. The van der Waals surface area contributed by atoms with Crippen LogP contribution in [-0.4, -0.2) is 22.9 Å². The Kier molecular flexibility index (Phi) is 4.28. The molecule has 1 amide bonds. The minimum absolute atomic E-state index is 0.0426. The van der Waals surface area contributed by atoms with Crippen LogP contribution >= 0.6 is 15.9 Å². The Morgan fingerprint density at radius 2 is 2.27 bits per heavy atom. The molecule has 15 heavy (non-hydrogen) atoms. The van der Waals surface area contributed by atoms with E-state index in [0.717, 1.165) is 0 Å². The second-order valence-electron chi connectivity index (χ2n) is 2.85. The SMILES string of the molecule is CNC(=O)CS(=O)c1ccc(N)cc1Br. The van der Waals surface area contributed by atoms with Gasteiger partial charge in [-0.25, -0.2) is 0 Å². The number of nitrogens with two attached hydrogens (primary N) is 1. The molecular weight excluding hydrogens is 280 g/mol. The second-order valence-corrected chi connectivity index (χ2v) is 5.13. The lowest BCUT2D eigenvalue weighted by atomic mass is 10.3. The number of hydrogen-bond acceptors (Lipinski definition) is 3.